The maximum absolute atomic E-state index is 12.6. The average Bonchev–Trinajstić information content (AvgIpc) is 3.04. The number of anilines is 1. The second-order valence-electron chi connectivity index (χ2n) is 6.80. The molecular formula is C19H26N2O3. The fourth-order valence-electron chi connectivity index (χ4n) is 2.31. The standard InChI is InChI=1S/C19H26N2O3/c1-19(2,3)16-5-7-17(8-6-16)20-18(22)21(10-12-23-4)13-15-9-11-24-14-15/h5-9,11,14H,10,12-13H2,1-4H3,(H,20,22). The molecule has 0 aliphatic rings. The molecule has 1 heterocycles. The summed E-state index contributed by atoms with van der Waals surface area (Å²) in [6, 6.07) is 9.66. The molecule has 0 spiro atoms. The second kappa shape index (κ2) is 8.02. The van der Waals surface area contributed by atoms with Crippen LogP contribution in [-0.4, -0.2) is 31.2 Å². The molecular weight excluding hydrogens is 304 g/mol. The van der Waals surface area contributed by atoms with Gasteiger partial charge in [-0.25, -0.2) is 4.79 Å². The summed E-state index contributed by atoms with van der Waals surface area (Å²) >= 11 is 0. The topological polar surface area (TPSA) is 54.7 Å². The molecule has 5 heteroatoms. The molecule has 0 bridgehead atoms. The van der Waals surface area contributed by atoms with Gasteiger partial charge in [0.25, 0.3) is 0 Å². The van der Waals surface area contributed by atoms with E-state index >= 15 is 0 Å². The number of carbonyl (C=O) groups excluding carboxylic acids is 1. The Hall–Kier alpha value is -2.27. The summed E-state index contributed by atoms with van der Waals surface area (Å²) in [4.78, 5) is 14.3. The Morgan fingerprint density at radius 3 is 2.46 bits per heavy atom. The van der Waals surface area contributed by atoms with Crippen molar-refractivity contribution in [1.82, 2.24) is 4.90 Å². The van der Waals surface area contributed by atoms with Crippen LogP contribution in [0.5, 0.6) is 0 Å². The van der Waals surface area contributed by atoms with E-state index in [1.165, 1.54) is 5.56 Å². The summed E-state index contributed by atoms with van der Waals surface area (Å²) in [7, 11) is 1.62. The largest absolute Gasteiger partial charge is 0.472 e. The summed E-state index contributed by atoms with van der Waals surface area (Å²) in [6.07, 6.45) is 3.25. The summed E-state index contributed by atoms with van der Waals surface area (Å²) in [5.41, 5.74) is 3.05. The number of methoxy groups -OCH3 is 1. The minimum Gasteiger partial charge on any atom is -0.472 e. The second-order valence-corrected chi connectivity index (χ2v) is 6.80. The van der Waals surface area contributed by atoms with Crippen LogP contribution in [0.25, 0.3) is 0 Å². The van der Waals surface area contributed by atoms with E-state index in [4.69, 9.17) is 9.15 Å². The highest BCUT2D eigenvalue weighted by Gasteiger charge is 2.16. The molecule has 1 N–H and O–H groups in total. The summed E-state index contributed by atoms with van der Waals surface area (Å²) in [5, 5.41) is 2.94. The number of carbonyl (C=O) groups is 1. The molecule has 0 aliphatic heterocycles. The zero-order valence-corrected chi connectivity index (χ0v) is 14.8. The zero-order valence-electron chi connectivity index (χ0n) is 14.8. The lowest BCUT2D eigenvalue weighted by molar-refractivity contribution is 0.152. The fourth-order valence-corrected chi connectivity index (χ4v) is 2.31. The summed E-state index contributed by atoms with van der Waals surface area (Å²) < 4.78 is 10.2. The van der Waals surface area contributed by atoms with Crippen molar-refractivity contribution in [3.63, 3.8) is 0 Å². The van der Waals surface area contributed by atoms with E-state index < -0.39 is 0 Å². The SMILES string of the molecule is COCCN(Cc1ccoc1)C(=O)Nc1ccc(C(C)(C)C)cc1. The Bertz CT molecular complexity index is 628. The number of benzene rings is 1. The molecule has 0 saturated carbocycles. The van der Waals surface area contributed by atoms with Crippen LogP contribution < -0.4 is 5.32 Å². The van der Waals surface area contributed by atoms with Crippen LogP contribution in [0.1, 0.15) is 31.9 Å². The molecule has 24 heavy (non-hydrogen) atoms. The first-order valence-electron chi connectivity index (χ1n) is 8.06. The first-order chi connectivity index (χ1) is 11.4. The number of nitrogens with one attached hydrogen (secondary N) is 1. The predicted molar refractivity (Wildman–Crippen MR) is 95.2 cm³/mol. The lowest BCUT2D eigenvalue weighted by Crippen LogP contribution is -2.36. The number of hydrogen-bond acceptors (Lipinski definition) is 3. The van der Waals surface area contributed by atoms with E-state index in [1.807, 2.05) is 30.3 Å². The monoisotopic (exact) mass is 330 g/mol. The van der Waals surface area contributed by atoms with Gasteiger partial charge in [-0.2, -0.15) is 0 Å². The maximum Gasteiger partial charge on any atom is 0.322 e. The fraction of sp³-hybridized carbons (Fsp3) is 0.421. The van der Waals surface area contributed by atoms with Crippen molar-refractivity contribution in [2.45, 2.75) is 32.7 Å². The van der Waals surface area contributed by atoms with Gasteiger partial charge in [-0.15, -0.1) is 0 Å². The molecule has 0 aliphatic carbocycles. The van der Waals surface area contributed by atoms with Gasteiger partial charge < -0.3 is 19.4 Å². The van der Waals surface area contributed by atoms with Crippen LogP contribution in [0.4, 0.5) is 10.5 Å². The van der Waals surface area contributed by atoms with E-state index in [0.29, 0.717) is 19.7 Å². The number of rotatable bonds is 6. The van der Waals surface area contributed by atoms with Crippen molar-refractivity contribution in [1.29, 1.82) is 0 Å². The molecule has 5 nitrogen and oxygen atoms in total. The highest BCUT2D eigenvalue weighted by atomic mass is 16.5. The van der Waals surface area contributed by atoms with Crippen LogP contribution in [0.2, 0.25) is 0 Å². The molecule has 2 rings (SSSR count). The molecule has 2 amide bonds. The number of nitrogens with zero attached hydrogens (tertiary/aromatic N) is 1. The van der Waals surface area contributed by atoms with Crippen LogP contribution in [0.15, 0.2) is 47.3 Å². The highest BCUT2D eigenvalue weighted by Crippen LogP contribution is 2.23. The molecule has 0 saturated heterocycles. The van der Waals surface area contributed by atoms with Crippen LogP contribution in [0, 0.1) is 0 Å². The van der Waals surface area contributed by atoms with Gasteiger partial charge >= 0.3 is 6.03 Å². The van der Waals surface area contributed by atoms with Gasteiger partial charge in [0.05, 0.1) is 25.7 Å². The predicted octanol–water partition coefficient (Wildman–Crippen LogP) is 4.26. The minimum atomic E-state index is -0.156. The van der Waals surface area contributed by atoms with E-state index in [0.717, 1.165) is 11.3 Å². The number of ether oxygens (including phenoxy) is 1. The van der Waals surface area contributed by atoms with Crippen molar-refractivity contribution < 1.29 is 13.9 Å². The number of furan rings is 1. The van der Waals surface area contributed by atoms with Gasteiger partial charge in [0, 0.05) is 24.9 Å². The van der Waals surface area contributed by atoms with Gasteiger partial charge in [-0.05, 0) is 29.2 Å². The first kappa shape index (κ1) is 18.1. The zero-order chi connectivity index (χ0) is 17.6. The highest BCUT2D eigenvalue weighted by molar-refractivity contribution is 5.89. The van der Waals surface area contributed by atoms with E-state index in [1.54, 1.807) is 24.5 Å². The quantitative estimate of drug-likeness (QED) is 0.861. The van der Waals surface area contributed by atoms with E-state index in [-0.39, 0.29) is 11.4 Å². The molecule has 130 valence electrons. The van der Waals surface area contributed by atoms with Gasteiger partial charge in [-0.1, -0.05) is 32.9 Å². The van der Waals surface area contributed by atoms with E-state index in [2.05, 4.69) is 26.1 Å². The Kier molecular flexibility index (Phi) is 6.04. The summed E-state index contributed by atoms with van der Waals surface area (Å²) in [5.74, 6) is 0. The van der Waals surface area contributed by atoms with Crippen molar-refractivity contribution in [3.05, 3.63) is 54.0 Å². The first-order valence-corrected chi connectivity index (χ1v) is 8.06. The third-order valence-electron chi connectivity index (χ3n) is 3.81. The number of urea groups is 1. The van der Waals surface area contributed by atoms with Crippen molar-refractivity contribution in [3.8, 4) is 0 Å². The van der Waals surface area contributed by atoms with Crippen LogP contribution >= 0.6 is 0 Å². The Morgan fingerprint density at radius 2 is 1.92 bits per heavy atom. The van der Waals surface area contributed by atoms with Crippen molar-refractivity contribution in [2.75, 3.05) is 25.6 Å². The smallest absolute Gasteiger partial charge is 0.322 e. The van der Waals surface area contributed by atoms with Crippen molar-refractivity contribution in [2.24, 2.45) is 0 Å². The van der Waals surface area contributed by atoms with Gasteiger partial charge in [0.15, 0.2) is 0 Å². The van der Waals surface area contributed by atoms with Crippen molar-refractivity contribution >= 4 is 11.7 Å². The van der Waals surface area contributed by atoms with Gasteiger partial charge in [0.1, 0.15) is 0 Å². The minimum absolute atomic E-state index is 0.0916. The third kappa shape index (κ3) is 5.13. The maximum atomic E-state index is 12.6. The molecule has 1 aromatic heterocycles. The van der Waals surface area contributed by atoms with Crippen LogP contribution in [0.3, 0.4) is 0 Å². The number of amides is 2. The molecule has 0 radical (unpaired) electrons. The van der Waals surface area contributed by atoms with Crippen LogP contribution in [-0.2, 0) is 16.7 Å². The van der Waals surface area contributed by atoms with Gasteiger partial charge in [0.2, 0.25) is 0 Å². The van der Waals surface area contributed by atoms with E-state index in [9.17, 15) is 4.79 Å². The van der Waals surface area contributed by atoms with Gasteiger partial charge in [-0.3, -0.25) is 0 Å². The molecule has 0 unspecified atom stereocenters. The molecule has 0 atom stereocenters. The third-order valence-corrected chi connectivity index (χ3v) is 3.81. The summed E-state index contributed by atoms with van der Waals surface area (Å²) in [6.45, 7) is 7.96. The Labute approximate surface area is 143 Å². The molecule has 1 aromatic carbocycles. The Balaban J connectivity index is 2.03. The lowest BCUT2D eigenvalue weighted by Gasteiger charge is -2.23. The average molecular weight is 330 g/mol. The normalized spacial score (nSPS) is 11.3. The molecule has 2 aromatic rings. The number of hydrogen-bond donors (Lipinski definition) is 1. The molecule has 0 fully saturated rings. The Morgan fingerprint density at radius 1 is 1.21 bits per heavy atom. The lowest BCUT2D eigenvalue weighted by atomic mass is 9.87.